The average molecular weight is 251 g/mol. The summed E-state index contributed by atoms with van der Waals surface area (Å²) in [6.45, 7) is 6.07. The van der Waals surface area contributed by atoms with Gasteiger partial charge >= 0.3 is 5.97 Å². The summed E-state index contributed by atoms with van der Waals surface area (Å²) in [7, 11) is 0. The van der Waals surface area contributed by atoms with Crippen LogP contribution in [0.15, 0.2) is 18.2 Å². The first kappa shape index (κ1) is 14.5. The number of aryl methyl sites for hydroxylation is 2. The van der Waals surface area contributed by atoms with Crippen LogP contribution < -0.4 is 10.5 Å². The molecule has 0 heterocycles. The molecule has 100 valence electrons. The Labute approximate surface area is 108 Å². The molecule has 0 aromatic heterocycles. The van der Waals surface area contributed by atoms with Crippen molar-refractivity contribution in [3.8, 4) is 5.75 Å². The first-order chi connectivity index (χ1) is 8.33. The maximum Gasteiger partial charge on any atom is 0.323 e. The summed E-state index contributed by atoms with van der Waals surface area (Å²) in [4.78, 5) is 10.8. The second-order valence-electron chi connectivity index (χ2n) is 4.92. The highest BCUT2D eigenvalue weighted by Gasteiger charge is 2.26. The molecular weight excluding hydrogens is 230 g/mol. The van der Waals surface area contributed by atoms with Crippen molar-refractivity contribution in [1.82, 2.24) is 0 Å². The number of rotatable bonds is 6. The van der Waals surface area contributed by atoms with Gasteiger partial charge in [-0.2, -0.15) is 0 Å². The van der Waals surface area contributed by atoms with Crippen molar-refractivity contribution in [2.75, 3.05) is 6.61 Å². The number of hydrogen-bond donors (Lipinski definition) is 2. The Morgan fingerprint density at radius 3 is 2.61 bits per heavy atom. The van der Waals surface area contributed by atoms with Crippen LogP contribution in [-0.2, 0) is 4.79 Å². The lowest BCUT2D eigenvalue weighted by atomic mass is 9.98. The van der Waals surface area contributed by atoms with Crippen molar-refractivity contribution in [2.45, 2.75) is 39.2 Å². The van der Waals surface area contributed by atoms with Gasteiger partial charge in [-0.1, -0.05) is 6.07 Å². The summed E-state index contributed by atoms with van der Waals surface area (Å²) in [5.41, 5.74) is 6.86. The molecule has 0 saturated heterocycles. The second kappa shape index (κ2) is 5.87. The van der Waals surface area contributed by atoms with Gasteiger partial charge in [-0.15, -0.1) is 0 Å². The maximum absolute atomic E-state index is 10.8. The van der Waals surface area contributed by atoms with Crippen molar-refractivity contribution >= 4 is 5.97 Å². The summed E-state index contributed by atoms with van der Waals surface area (Å²) >= 11 is 0. The smallest absolute Gasteiger partial charge is 0.323 e. The van der Waals surface area contributed by atoms with Crippen LogP contribution in [0.2, 0.25) is 0 Å². The molecule has 18 heavy (non-hydrogen) atoms. The lowest BCUT2D eigenvalue weighted by Gasteiger charge is -2.18. The molecule has 0 aliphatic rings. The van der Waals surface area contributed by atoms with Crippen LogP contribution >= 0.6 is 0 Å². The summed E-state index contributed by atoms with van der Waals surface area (Å²) in [6, 6.07) is 5.91. The molecule has 0 radical (unpaired) electrons. The lowest BCUT2D eigenvalue weighted by molar-refractivity contribution is -0.142. The zero-order valence-electron chi connectivity index (χ0n) is 11.2. The summed E-state index contributed by atoms with van der Waals surface area (Å²) in [5, 5.41) is 8.86. The fourth-order valence-electron chi connectivity index (χ4n) is 1.54. The Balaban J connectivity index is 2.38. The predicted molar refractivity (Wildman–Crippen MR) is 70.9 cm³/mol. The van der Waals surface area contributed by atoms with E-state index in [1.807, 2.05) is 32.0 Å². The number of carboxylic acid groups (broad SMARTS) is 1. The molecule has 4 nitrogen and oxygen atoms in total. The third-order valence-corrected chi connectivity index (χ3v) is 3.08. The third kappa shape index (κ3) is 4.04. The van der Waals surface area contributed by atoms with Crippen molar-refractivity contribution < 1.29 is 14.6 Å². The molecule has 1 aromatic carbocycles. The van der Waals surface area contributed by atoms with E-state index in [0.717, 1.165) is 5.75 Å². The molecule has 0 amide bonds. The van der Waals surface area contributed by atoms with Crippen LogP contribution in [0.1, 0.15) is 30.9 Å². The summed E-state index contributed by atoms with van der Waals surface area (Å²) in [6.07, 6.45) is 1.01. The zero-order valence-corrected chi connectivity index (χ0v) is 11.2. The van der Waals surface area contributed by atoms with Crippen LogP contribution in [0.25, 0.3) is 0 Å². The predicted octanol–water partition coefficient (Wildman–Crippen LogP) is 2.26. The number of nitrogens with two attached hydrogens (primary N) is 1. The quantitative estimate of drug-likeness (QED) is 0.761. The number of hydrogen-bond acceptors (Lipinski definition) is 3. The SMILES string of the molecule is Cc1ccc(OCCCC(C)(N)C(=O)O)cc1C. The Morgan fingerprint density at radius 1 is 1.39 bits per heavy atom. The topological polar surface area (TPSA) is 72.5 Å². The zero-order chi connectivity index (χ0) is 13.8. The molecular formula is C14H21NO3. The molecule has 0 bridgehead atoms. The van der Waals surface area contributed by atoms with Gasteiger partial charge in [-0.3, -0.25) is 4.79 Å². The molecule has 3 N–H and O–H groups in total. The highest BCUT2D eigenvalue weighted by Crippen LogP contribution is 2.17. The molecule has 0 aliphatic carbocycles. The van der Waals surface area contributed by atoms with Gasteiger partial charge in [0.25, 0.3) is 0 Å². The van der Waals surface area contributed by atoms with E-state index >= 15 is 0 Å². The maximum atomic E-state index is 10.8. The van der Waals surface area contributed by atoms with Crippen LogP contribution in [0.3, 0.4) is 0 Å². The van der Waals surface area contributed by atoms with Crippen molar-refractivity contribution in [3.05, 3.63) is 29.3 Å². The lowest BCUT2D eigenvalue weighted by Crippen LogP contribution is -2.44. The minimum Gasteiger partial charge on any atom is -0.494 e. The van der Waals surface area contributed by atoms with E-state index in [1.54, 1.807) is 0 Å². The molecule has 4 heteroatoms. The van der Waals surface area contributed by atoms with Crippen LogP contribution in [-0.4, -0.2) is 23.2 Å². The fraction of sp³-hybridized carbons (Fsp3) is 0.500. The molecule has 0 saturated carbocycles. The Morgan fingerprint density at radius 2 is 2.06 bits per heavy atom. The van der Waals surface area contributed by atoms with Gasteiger partial charge in [-0.05, 0) is 56.9 Å². The van der Waals surface area contributed by atoms with E-state index in [1.165, 1.54) is 18.1 Å². The van der Waals surface area contributed by atoms with Crippen LogP contribution in [0.5, 0.6) is 5.75 Å². The van der Waals surface area contributed by atoms with Gasteiger partial charge < -0.3 is 15.6 Å². The average Bonchev–Trinajstić information content (AvgIpc) is 2.29. The highest BCUT2D eigenvalue weighted by atomic mass is 16.5. The van der Waals surface area contributed by atoms with Crippen molar-refractivity contribution in [3.63, 3.8) is 0 Å². The number of benzene rings is 1. The highest BCUT2D eigenvalue weighted by molar-refractivity contribution is 5.77. The first-order valence-electron chi connectivity index (χ1n) is 6.05. The van der Waals surface area contributed by atoms with Crippen molar-refractivity contribution in [2.24, 2.45) is 5.73 Å². The number of ether oxygens (including phenoxy) is 1. The van der Waals surface area contributed by atoms with Crippen LogP contribution in [0.4, 0.5) is 0 Å². The Bertz CT molecular complexity index is 427. The number of carbonyl (C=O) groups is 1. The first-order valence-corrected chi connectivity index (χ1v) is 6.05. The Hall–Kier alpha value is -1.55. The van der Waals surface area contributed by atoms with E-state index in [0.29, 0.717) is 19.4 Å². The molecule has 1 rings (SSSR count). The molecule has 0 spiro atoms. The van der Waals surface area contributed by atoms with E-state index in [9.17, 15) is 4.79 Å². The van der Waals surface area contributed by atoms with Gasteiger partial charge in [0.05, 0.1) is 6.61 Å². The normalized spacial score (nSPS) is 14.0. The van der Waals surface area contributed by atoms with E-state index in [-0.39, 0.29) is 0 Å². The van der Waals surface area contributed by atoms with E-state index < -0.39 is 11.5 Å². The molecule has 1 aromatic rings. The van der Waals surface area contributed by atoms with Gasteiger partial charge in [0, 0.05) is 0 Å². The van der Waals surface area contributed by atoms with Crippen LogP contribution in [0, 0.1) is 13.8 Å². The third-order valence-electron chi connectivity index (χ3n) is 3.08. The number of aliphatic carboxylic acids is 1. The molecule has 0 fully saturated rings. The van der Waals surface area contributed by atoms with E-state index in [2.05, 4.69) is 0 Å². The second-order valence-corrected chi connectivity index (χ2v) is 4.92. The fourth-order valence-corrected chi connectivity index (χ4v) is 1.54. The van der Waals surface area contributed by atoms with E-state index in [4.69, 9.17) is 15.6 Å². The summed E-state index contributed by atoms with van der Waals surface area (Å²) < 4.78 is 5.57. The monoisotopic (exact) mass is 251 g/mol. The van der Waals surface area contributed by atoms with Gasteiger partial charge in [0.1, 0.15) is 11.3 Å². The van der Waals surface area contributed by atoms with Gasteiger partial charge in [0.2, 0.25) is 0 Å². The largest absolute Gasteiger partial charge is 0.494 e. The standard InChI is InChI=1S/C14H21NO3/c1-10-5-6-12(9-11(10)2)18-8-4-7-14(3,15)13(16)17/h5-6,9H,4,7-8,15H2,1-3H3,(H,16,17). The summed E-state index contributed by atoms with van der Waals surface area (Å²) in [5.74, 6) is -0.166. The Kier molecular flexibility index (Phi) is 4.73. The minimum absolute atomic E-state index is 0.396. The van der Waals surface area contributed by atoms with Crippen molar-refractivity contribution in [1.29, 1.82) is 0 Å². The molecule has 1 atom stereocenters. The number of carboxylic acids is 1. The van der Waals surface area contributed by atoms with Gasteiger partial charge in [0.15, 0.2) is 0 Å². The molecule has 0 aliphatic heterocycles. The van der Waals surface area contributed by atoms with Gasteiger partial charge in [-0.25, -0.2) is 0 Å². The minimum atomic E-state index is -1.17. The molecule has 1 unspecified atom stereocenters.